The number of hydrogen-bond acceptors (Lipinski definition) is 3. The molecule has 0 aromatic heterocycles. The molecule has 7 heteroatoms. The van der Waals surface area contributed by atoms with Crippen LogP contribution in [0.25, 0.3) is 0 Å². The Balaban J connectivity index is 1.77. The van der Waals surface area contributed by atoms with Crippen LogP contribution in [0.4, 0.5) is 4.79 Å². The maximum Gasteiger partial charge on any atom is 0.315 e. The molecule has 23 heavy (non-hydrogen) atoms. The summed E-state index contributed by atoms with van der Waals surface area (Å²) < 4.78 is 7.95. The summed E-state index contributed by atoms with van der Waals surface area (Å²) in [5.41, 5.74) is 1.16. The molecule has 5 nitrogen and oxygen atoms in total. The second-order valence-corrected chi connectivity index (χ2v) is 7.56. The Morgan fingerprint density at radius 2 is 1.83 bits per heavy atom. The van der Waals surface area contributed by atoms with Crippen LogP contribution in [0.5, 0.6) is 17.2 Å². The number of phenols is 1. The molecular formula is C16H14I2N2O3. The standard InChI is InChI=1S/C16H14I2N2O3/c17-13-6-9(5-10-8-19-16(22)20-10)7-14(18)15(13)23-12-3-1-11(21)2-4-12/h1-4,6-7,10,21H,5,8H2,(H2,19,20,22). The quantitative estimate of drug-likeness (QED) is 0.524. The molecule has 1 unspecified atom stereocenters. The van der Waals surface area contributed by atoms with Crippen LogP contribution in [0.2, 0.25) is 0 Å². The monoisotopic (exact) mass is 536 g/mol. The molecule has 120 valence electrons. The number of amides is 2. The summed E-state index contributed by atoms with van der Waals surface area (Å²) in [5.74, 6) is 1.69. The Kier molecular flexibility index (Phi) is 5.14. The average molecular weight is 536 g/mol. The normalized spacial score (nSPS) is 16.8. The molecule has 2 aromatic rings. The van der Waals surface area contributed by atoms with Gasteiger partial charge in [-0.3, -0.25) is 0 Å². The van der Waals surface area contributed by atoms with Crippen molar-refractivity contribution in [3.63, 3.8) is 0 Å². The van der Waals surface area contributed by atoms with Crippen molar-refractivity contribution in [2.45, 2.75) is 12.5 Å². The number of ether oxygens (including phenoxy) is 1. The van der Waals surface area contributed by atoms with E-state index in [1.54, 1.807) is 24.3 Å². The number of rotatable bonds is 4. The van der Waals surface area contributed by atoms with Crippen LogP contribution in [0.3, 0.4) is 0 Å². The fourth-order valence-corrected chi connectivity index (χ4v) is 4.49. The summed E-state index contributed by atoms with van der Waals surface area (Å²) in [4.78, 5) is 11.2. The number of halogens is 2. The van der Waals surface area contributed by atoms with E-state index in [1.807, 2.05) is 0 Å². The molecule has 0 aliphatic carbocycles. The third kappa shape index (κ3) is 4.19. The van der Waals surface area contributed by atoms with Crippen molar-refractivity contribution in [1.82, 2.24) is 10.6 Å². The fourth-order valence-electron chi connectivity index (χ4n) is 2.37. The number of urea groups is 1. The zero-order valence-electron chi connectivity index (χ0n) is 12.0. The van der Waals surface area contributed by atoms with Crippen molar-refractivity contribution < 1.29 is 14.6 Å². The zero-order valence-corrected chi connectivity index (χ0v) is 16.3. The van der Waals surface area contributed by atoms with Gasteiger partial charge in [-0.15, -0.1) is 0 Å². The number of phenolic OH excluding ortho intramolecular Hbond substituents is 1. The van der Waals surface area contributed by atoms with E-state index >= 15 is 0 Å². The summed E-state index contributed by atoms with van der Waals surface area (Å²) in [6, 6.07) is 10.8. The van der Waals surface area contributed by atoms with Crippen molar-refractivity contribution in [3.05, 3.63) is 49.1 Å². The molecule has 0 spiro atoms. The second kappa shape index (κ2) is 7.12. The average Bonchev–Trinajstić information content (AvgIpc) is 2.90. The smallest absolute Gasteiger partial charge is 0.315 e. The lowest BCUT2D eigenvalue weighted by Crippen LogP contribution is -2.28. The van der Waals surface area contributed by atoms with Gasteiger partial charge in [0.05, 0.1) is 13.2 Å². The van der Waals surface area contributed by atoms with E-state index in [0.29, 0.717) is 12.3 Å². The van der Waals surface area contributed by atoms with E-state index in [1.165, 1.54) is 0 Å². The summed E-state index contributed by atoms with van der Waals surface area (Å²) >= 11 is 4.51. The summed E-state index contributed by atoms with van der Waals surface area (Å²) in [5, 5.41) is 15.0. The van der Waals surface area contributed by atoms with Crippen LogP contribution in [0.15, 0.2) is 36.4 Å². The number of hydrogen-bond donors (Lipinski definition) is 3. The van der Waals surface area contributed by atoms with Gasteiger partial charge in [0.2, 0.25) is 0 Å². The van der Waals surface area contributed by atoms with Gasteiger partial charge in [-0.1, -0.05) is 0 Å². The van der Waals surface area contributed by atoms with E-state index in [2.05, 4.69) is 67.9 Å². The van der Waals surface area contributed by atoms with Crippen LogP contribution in [-0.4, -0.2) is 23.7 Å². The summed E-state index contributed by atoms with van der Waals surface area (Å²) in [6.45, 7) is 0.651. The molecule has 3 rings (SSSR count). The van der Waals surface area contributed by atoms with Crippen molar-refractivity contribution >= 4 is 51.2 Å². The third-order valence-corrected chi connectivity index (χ3v) is 5.04. The third-order valence-electron chi connectivity index (χ3n) is 3.44. The van der Waals surface area contributed by atoms with Crippen molar-refractivity contribution in [1.29, 1.82) is 0 Å². The fraction of sp³-hybridized carbons (Fsp3) is 0.188. The van der Waals surface area contributed by atoms with Crippen molar-refractivity contribution in [3.8, 4) is 17.2 Å². The van der Waals surface area contributed by atoms with E-state index in [4.69, 9.17) is 4.74 Å². The van der Waals surface area contributed by atoms with Crippen molar-refractivity contribution in [2.24, 2.45) is 0 Å². The molecule has 1 aliphatic heterocycles. The highest BCUT2D eigenvalue weighted by molar-refractivity contribution is 14.1. The van der Waals surface area contributed by atoms with Crippen molar-refractivity contribution in [2.75, 3.05) is 6.54 Å². The van der Waals surface area contributed by atoms with Crippen LogP contribution >= 0.6 is 45.2 Å². The molecule has 2 aromatic carbocycles. The molecule has 2 amide bonds. The highest BCUT2D eigenvalue weighted by Gasteiger charge is 2.21. The van der Waals surface area contributed by atoms with Crippen LogP contribution < -0.4 is 15.4 Å². The first-order valence-electron chi connectivity index (χ1n) is 7.00. The van der Waals surface area contributed by atoms with Crippen LogP contribution in [0, 0.1) is 7.14 Å². The molecule has 1 saturated heterocycles. The van der Waals surface area contributed by atoms with Gasteiger partial charge >= 0.3 is 6.03 Å². The number of carbonyl (C=O) groups is 1. The molecular weight excluding hydrogens is 522 g/mol. The molecule has 0 saturated carbocycles. The number of aromatic hydroxyl groups is 1. The lowest BCUT2D eigenvalue weighted by molar-refractivity contribution is 0.247. The Morgan fingerprint density at radius 1 is 1.17 bits per heavy atom. The first-order valence-corrected chi connectivity index (χ1v) is 9.16. The number of nitrogens with one attached hydrogen (secondary N) is 2. The van der Waals surface area contributed by atoms with Gasteiger partial charge in [0.1, 0.15) is 11.5 Å². The Labute approximate surface area is 161 Å². The first-order chi connectivity index (χ1) is 11.0. The molecule has 0 bridgehead atoms. The largest absolute Gasteiger partial charge is 0.508 e. The van der Waals surface area contributed by atoms with Gasteiger partial charge in [-0.05, 0) is 93.6 Å². The highest BCUT2D eigenvalue weighted by atomic mass is 127. The van der Waals surface area contributed by atoms with Crippen LogP contribution in [0.1, 0.15) is 5.56 Å². The maximum absolute atomic E-state index is 11.2. The molecule has 1 aliphatic rings. The van der Waals surface area contributed by atoms with E-state index < -0.39 is 0 Å². The summed E-state index contributed by atoms with van der Waals surface area (Å²) in [7, 11) is 0. The van der Waals surface area contributed by atoms with Gasteiger partial charge in [0.15, 0.2) is 5.75 Å². The molecule has 1 heterocycles. The maximum atomic E-state index is 11.2. The Hall–Kier alpha value is -1.23. The minimum atomic E-state index is -0.105. The van der Waals surface area contributed by atoms with E-state index in [9.17, 15) is 9.90 Å². The number of carbonyl (C=O) groups excluding carboxylic acids is 1. The Morgan fingerprint density at radius 3 is 2.39 bits per heavy atom. The highest BCUT2D eigenvalue weighted by Crippen LogP contribution is 2.33. The molecule has 3 N–H and O–H groups in total. The van der Waals surface area contributed by atoms with E-state index in [0.717, 1.165) is 24.9 Å². The zero-order chi connectivity index (χ0) is 16.4. The first kappa shape index (κ1) is 16.6. The molecule has 1 fully saturated rings. The SMILES string of the molecule is O=C1NCC(Cc2cc(I)c(Oc3ccc(O)cc3)c(I)c2)N1. The lowest BCUT2D eigenvalue weighted by Gasteiger charge is -2.14. The van der Waals surface area contributed by atoms with E-state index in [-0.39, 0.29) is 17.8 Å². The molecule has 1 atom stereocenters. The van der Waals surface area contributed by atoms with Crippen LogP contribution in [-0.2, 0) is 6.42 Å². The van der Waals surface area contributed by atoms with Gasteiger partial charge in [0.25, 0.3) is 0 Å². The minimum absolute atomic E-state index is 0.105. The van der Waals surface area contributed by atoms with Gasteiger partial charge in [-0.2, -0.15) is 0 Å². The molecule has 0 radical (unpaired) electrons. The predicted molar refractivity (Wildman–Crippen MR) is 104 cm³/mol. The second-order valence-electron chi connectivity index (χ2n) is 5.24. The number of benzene rings is 2. The predicted octanol–water partition coefficient (Wildman–Crippen LogP) is 3.62. The van der Waals surface area contributed by atoms with Gasteiger partial charge < -0.3 is 20.5 Å². The topological polar surface area (TPSA) is 70.6 Å². The lowest BCUT2D eigenvalue weighted by atomic mass is 10.1. The van der Waals surface area contributed by atoms with Gasteiger partial charge in [-0.25, -0.2) is 4.79 Å². The minimum Gasteiger partial charge on any atom is -0.508 e. The van der Waals surface area contributed by atoms with Gasteiger partial charge in [0, 0.05) is 6.54 Å². The summed E-state index contributed by atoms with van der Waals surface area (Å²) in [6.07, 6.45) is 0.782. The Bertz CT molecular complexity index is 712.